The highest BCUT2D eigenvalue weighted by atomic mass is 16.5. The van der Waals surface area contributed by atoms with Gasteiger partial charge in [-0.3, -0.25) is 14.6 Å². The molecule has 5 nitrogen and oxygen atoms in total. The molecule has 5 heteroatoms. The number of carbonyl (C=O) groups excluding carboxylic acids is 2. The summed E-state index contributed by atoms with van der Waals surface area (Å²) in [5.41, 5.74) is 5.21. The van der Waals surface area contributed by atoms with Crippen molar-refractivity contribution in [3.63, 3.8) is 0 Å². The maximum Gasteiger partial charge on any atom is 0.163 e. The van der Waals surface area contributed by atoms with Crippen molar-refractivity contribution in [2.75, 3.05) is 7.11 Å². The molecule has 0 spiro atoms. The number of ketones is 2. The Bertz CT molecular complexity index is 1290. The first-order valence-corrected chi connectivity index (χ1v) is 11.5. The second-order valence-electron chi connectivity index (χ2n) is 8.22. The molecule has 3 aromatic rings. The molecule has 0 saturated heterocycles. The molecule has 0 N–H and O–H groups in total. The van der Waals surface area contributed by atoms with Crippen molar-refractivity contribution in [3.05, 3.63) is 107 Å². The predicted octanol–water partition coefficient (Wildman–Crippen LogP) is 5.88. The first-order chi connectivity index (χ1) is 17.1. The number of hydrogen-bond acceptors (Lipinski definition) is 5. The number of hydrogen-bond donors (Lipinski definition) is 0. The Morgan fingerprint density at radius 2 is 1.77 bits per heavy atom. The average molecular weight is 466 g/mol. The molecule has 0 radical (unpaired) electrons. The fourth-order valence-electron chi connectivity index (χ4n) is 3.78. The lowest BCUT2D eigenvalue weighted by Gasteiger charge is -2.10. The molecular formula is C30H27NO4. The molecule has 0 atom stereocenters. The van der Waals surface area contributed by atoms with E-state index in [2.05, 4.69) is 29.3 Å². The van der Waals surface area contributed by atoms with Crippen molar-refractivity contribution in [2.45, 2.75) is 25.9 Å². The van der Waals surface area contributed by atoms with Gasteiger partial charge in [-0.2, -0.15) is 0 Å². The smallest absolute Gasteiger partial charge is 0.163 e. The molecule has 0 fully saturated rings. The van der Waals surface area contributed by atoms with Gasteiger partial charge in [0.1, 0.15) is 18.1 Å². The topological polar surface area (TPSA) is 65.5 Å². The van der Waals surface area contributed by atoms with Crippen molar-refractivity contribution < 1.29 is 19.1 Å². The van der Waals surface area contributed by atoms with Gasteiger partial charge in [-0.15, -0.1) is 0 Å². The number of aromatic nitrogens is 1. The van der Waals surface area contributed by atoms with Gasteiger partial charge < -0.3 is 9.47 Å². The number of methoxy groups -OCH3 is 1. The maximum atomic E-state index is 12.3. The molecule has 1 heterocycles. The van der Waals surface area contributed by atoms with Gasteiger partial charge in [0, 0.05) is 24.0 Å². The van der Waals surface area contributed by atoms with E-state index in [0.29, 0.717) is 18.1 Å². The minimum atomic E-state index is -0.268. The van der Waals surface area contributed by atoms with E-state index in [1.54, 1.807) is 37.7 Å². The van der Waals surface area contributed by atoms with Crippen LogP contribution in [0.3, 0.4) is 0 Å². The Kier molecular flexibility index (Phi) is 8.02. The number of aryl methyl sites for hydroxylation is 1. The summed E-state index contributed by atoms with van der Waals surface area (Å²) in [5, 5.41) is 0. The molecule has 1 aliphatic carbocycles. The zero-order chi connectivity index (χ0) is 24.5. The quantitative estimate of drug-likeness (QED) is 0.276. The summed E-state index contributed by atoms with van der Waals surface area (Å²) in [4.78, 5) is 28.6. The highest BCUT2D eigenvalue weighted by molar-refractivity contribution is 6.11. The normalized spacial score (nSPS) is 12.6. The van der Waals surface area contributed by atoms with Gasteiger partial charge in [0.05, 0.1) is 13.5 Å². The second-order valence-corrected chi connectivity index (χ2v) is 8.22. The number of carbonyl (C=O) groups is 2. The van der Waals surface area contributed by atoms with Gasteiger partial charge in [0.25, 0.3) is 0 Å². The number of rotatable bonds is 10. The molecule has 0 bridgehead atoms. The number of fused-ring (bicyclic) bond motifs is 1. The molecule has 0 unspecified atom stereocenters. The summed E-state index contributed by atoms with van der Waals surface area (Å²) in [6.07, 6.45) is 15.9. The Morgan fingerprint density at radius 3 is 2.57 bits per heavy atom. The summed E-state index contributed by atoms with van der Waals surface area (Å²) in [6.45, 7) is 0.414. The Balaban J connectivity index is 1.32. The van der Waals surface area contributed by atoms with E-state index in [-0.39, 0.29) is 18.0 Å². The average Bonchev–Trinajstić information content (AvgIpc) is 2.90. The van der Waals surface area contributed by atoms with Crippen LogP contribution in [0.1, 0.15) is 40.7 Å². The van der Waals surface area contributed by atoms with Gasteiger partial charge >= 0.3 is 0 Å². The monoisotopic (exact) mass is 465 g/mol. The standard InChI is InChI=1S/C30H27NO4/c1-34-30-20-29(35-21-23-14-16-31-17-15-23)13-10-25(30)9-12-28(33)19-27(32)11-7-22-6-8-24-4-2-3-5-26(24)18-22/h2,4,6-18,20H,3,5,19,21H2,1H3/b11-7+,12-9+. The largest absolute Gasteiger partial charge is 0.496 e. The Hall–Kier alpha value is -4.25. The lowest BCUT2D eigenvalue weighted by atomic mass is 9.95. The summed E-state index contributed by atoms with van der Waals surface area (Å²) in [6, 6.07) is 15.3. The van der Waals surface area contributed by atoms with E-state index in [1.807, 2.05) is 30.3 Å². The van der Waals surface area contributed by atoms with E-state index >= 15 is 0 Å². The van der Waals surface area contributed by atoms with Crippen LogP contribution >= 0.6 is 0 Å². The molecule has 1 aliphatic rings. The third-order valence-electron chi connectivity index (χ3n) is 5.66. The van der Waals surface area contributed by atoms with Crippen molar-refractivity contribution >= 4 is 29.8 Å². The lowest BCUT2D eigenvalue weighted by Crippen LogP contribution is -2.02. The number of allylic oxidation sites excluding steroid dienone is 3. The number of nitrogens with zero attached hydrogens (tertiary/aromatic N) is 1. The first-order valence-electron chi connectivity index (χ1n) is 11.5. The molecule has 0 saturated carbocycles. The summed E-state index contributed by atoms with van der Waals surface area (Å²) in [5.74, 6) is 0.731. The highest BCUT2D eigenvalue weighted by Crippen LogP contribution is 2.26. The van der Waals surface area contributed by atoms with Crippen LogP contribution in [0.25, 0.3) is 18.2 Å². The van der Waals surface area contributed by atoms with Crippen molar-refractivity contribution in [1.29, 1.82) is 0 Å². The third-order valence-corrected chi connectivity index (χ3v) is 5.66. The lowest BCUT2D eigenvalue weighted by molar-refractivity contribution is -0.121. The Labute approximate surface area is 205 Å². The zero-order valence-corrected chi connectivity index (χ0v) is 19.6. The maximum absolute atomic E-state index is 12.3. The molecule has 1 aromatic heterocycles. The van der Waals surface area contributed by atoms with E-state index in [9.17, 15) is 9.59 Å². The van der Waals surface area contributed by atoms with Crippen LogP contribution in [0.5, 0.6) is 11.5 Å². The van der Waals surface area contributed by atoms with Crippen molar-refractivity contribution in [1.82, 2.24) is 4.98 Å². The van der Waals surface area contributed by atoms with E-state index < -0.39 is 0 Å². The Morgan fingerprint density at radius 1 is 0.971 bits per heavy atom. The van der Waals surface area contributed by atoms with Gasteiger partial charge in [-0.1, -0.05) is 36.4 Å². The molecular weight excluding hydrogens is 438 g/mol. The van der Waals surface area contributed by atoms with E-state index in [0.717, 1.165) is 29.5 Å². The fraction of sp³-hybridized carbons (Fsp3) is 0.167. The van der Waals surface area contributed by atoms with Crippen LogP contribution in [0.15, 0.2) is 79.2 Å². The summed E-state index contributed by atoms with van der Waals surface area (Å²) >= 11 is 0. The molecule has 4 rings (SSSR count). The number of ether oxygens (including phenoxy) is 2. The summed E-state index contributed by atoms with van der Waals surface area (Å²) < 4.78 is 11.3. The van der Waals surface area contributed by atoms with Crippen molar-refractivity contribution in [3.8, 4) is 11.5 Å². The highest BCUT2D eigenvalue weighted by Gasteiger charge is 2.08. The summed E-state index contributed by atoms with van der Waals surface area (Å²) in [7, 11) is 1.56. The minimum Gasteiger partial charge on any atom is -0.496 e. The van der Waals surface area contributed by atoms with Crippen LogP contribution in [0, 0.1) is 0 Å². The van der Waals surface area contributed by atoms with Gasteiger partial charge in [-0.05, 0) is 77.6 Å². The third kappa shape index (κ3) is 6.87. The van der Waals surface area contributed by atoms with Crippen molar-refractivity contribution in [2.24, 2.45) is 0 Å². The van der Waals surface area contributed by atoms with Gasteiger partial charge in [-0.25, -0.2) is 0 Å². The van der Waals surface area contributed by atoms with Crippen LogP contribution in [-0.4, -0.2) is 23.7 Å². The van der Waals surface area contributed by atoms with E-state index in [4.69, 9.17) is 9.47 Å². The fourth-order valence-corrected chi connectivity index (χ4v) is 3.78. The number of pyridine rings is 1. The molecule has 0 aliphatic heterocycles. The molecule has 2 aromatic carbocycles. The molecule has 176 valence electrons. The minimum absolute atomic E-state index is 0.184. The van der Waals surface area contributed by atoms with Gasteiger partial charge in [0.15, 0.2) is 11.6 Å². The van der Waals surface area contributed by atoms with E-state index in [1.165, 1.54) is 23.3 Å². The second kappa shape index (κ2) is 11.7. The SMILES string of the molecule is COc1cc(OCc2ccncc2)ccc1/C=C/C(=O)CC(=O)/C=C/c1ccc2c(c1)CCC=C2. The molecule has 0 amide bonds. The predicted molar refractivity (Wildman–Crippen MR) is 138 cm³/mol. The van der Waals surface area contributed by atoms with Crippen LogP contribution in [0.2, 0.25) is 0 Å². The van der Waals surface area contributed by atoms with Gasteiger partial charge in [0.2, 0.25) is 0 Å². The van der Waals surface area contributed by atoms with Crippen LogP contribution < -0.4 is 9.47 Å². The molecule has 35 heavy (non-hydrogen) atoms. The zero-order valence-electron chi connectivity index (χ0n) is 19.6. The van der Waals surface area contributed by atoms with Crippen LogP contribution in [-0.2, 0) is 22.6 Å². The van der Waals surface area contributed by atoms with Crippen LogP contribution in [0.4, 0.5) is 0 Å². The first kappa shape index (κ1) is 23.9. The number of benzene rings is 2.